The Balaban J connectivity index is 1.87. The Morgan fingerprint density at radius 2 is 1.63 bits per heavy atom. The van der Waals surface area contributed by atoms with Crippen LogP contribution in [0.3, 0.4) is 0 Å². The van der Waals surface area contributed by atoms with E-state index in [4.69, 9.17) is 5.73 Å². The molecule has 0 saturated carbocycles. The van der Waals surface area contributed by atoms with Crippen LogP contribution in [0.2, 0.25) is 0 Å². The lowest BCUT2D eigenvalue weighted by molar-refractivity contribution is -0.384. The largest absolute Gasteiger partial charge is 0.366 e. The first kappa shape index (κ1) is 20.0. The molecule has 11 heteroatoms. The lowest BCUT2D eigenvalue weighted by atomic mass is 10.2. The van der Waals surface area contributed by atoms with Gasteiger partial charge in [-0.1, -0.05) is 0 Å². The number of non-ortho nitro benzene ring substituents is 1. The number of carbonyl (C=O) groups is 2. The Morgan fingerprint density at radius 3 is 2.15 bits per heavy atom. The highest BCUT2D eigenvalue weighted by molar-refractivity contribution is 7.89. The van der Waals surface area contributed by atoms with E-state index in [1.165, 1.54) is 24.3 Å². The summed E-state index contributed by atoms with van der Waals surface area (Å²) in [5.41, 5.74) is 5.62. The Kier molecular flexibility index (Phi) is 6.21. The zero-order chi connectivity index (χ0) is 20.0. The predicted octanol–water partition coefficient (Wildman–Crippen LogP) is 1.00. The predicted molar refractivity (Wildman–Crippen MR) is 96.5 cm³/mol. The maximum absolute atomic E-state index is 12.1. The average Bonchev–Trinajstić information content (AvgIpc) is 2.62. The highest BCUT2D eigenvalue weighted by Crippen LogP contribution is 2.15. The van der Waals surface area contributed by atoms with Gasteiger partial charge in [-0.15, -0.1) is 0 Å². The summed E-state index contributed by atoms with van der Waals surface area (Å²) in [6.45, 7) is -0.162. The van der Waals surface area contributed by atoms with Crippen molar-refractivity contribution in [3.05, 3.63) is 64.2 Å². The minimum Gasteiger partial charge on any atom is -0.366 e. The summed E-state index contributed by atoms with van der Waals surface area (Å²) in [6, 6.07) is 10.3. The first-order chi connectivity index (χ1) is 12.7. The summed E-state index contributed by atoms with van der Waals surface area (Å²) >= 11 is 0. The molecule has 0 atom stereocenters. The lowest BCUT2D eigenvalue weighted by Gasteiger charge is -2.08. The van der Waals surface area contributed by atoms with E-state index >= 15 is 0 Å². The van der Waals surface area contributed by atoms with Crippen LogP contribution in [0.25, 0.3) is 0 Å². The number of nitrogens with one attached hydrogen (secondary N) is 2. The molecule has 0 spiro atoms. The Labute approximate surface area is 154 Å². The number of anilines is 1. The molecule has 0 aliphatic carbocycles. The van der Waals surface area contributed by atoms with Crippen LogP contribution in [0.5, 0.6) is 0 Å². The lowest BCUT2D eigenvalue weighted by Crippen LogP contribution is -2.27. The maximum Gasteiger partial charge on any atom is 0.269 e. The van der Waals surface area contributed by atoms with Gasteiger partial charge < -0.3 is 11.1 Å². The van der Waals surface area contributed by atoms with Crippen LogP contribution < -0.4 is 15.8 Å². The van der Waals surface area contributed by atoms with E-state index in [-0.39, 0.29) is 23.5 Å². The Bertz CT molecular complexity index is 955. The van der Waals surface area contributed by atoms with Crippen LogP contribution >= 0.6 is 0 Å². The molecule has 2 aromatic rings. The van der Waals surface area contributed by atoms with E-state index in [1.807, 2.05) is 0 Å². The molecule has 2 aromatic carbocycles. The van der Waals surface area contributed by atoms with Crippen LogP contribution in [0.4, 0.5) is 11.4 Å². The van der Waals surface area contributed by atoms with E-state index in [0.29, 0.717) is 11.3 Å². The maximum atomic E-state index is 12.1. The van der Waals surface area contributed by atoms with E-state index in [9.17, 15) is 28.1 Å². The molecule has 10 nitrogen and oxygen atoms in total. The van der Waals surface area contributed by atoms with Crippen LogP contribution in [0.15, 0.2) is 53.4 Å². The van der Waals surface area contributed by atoms with Gasteiger partial charge in [-0.3, -0.25) is 19.7 Å². The second kappa shape index (κ2) is 8.38. The molecule has 27 heavy (non-hydrogen) atoms. The first-order valence-electron chi connectivity index (χ1n) is 7.63. The number of hydrogen-bond acceptors (Lipinski definition) is 6. The molecule has 0 bridgehead atoms. The zero-order valence-corrected chi connectivity index (χ0v) is 14.7. The van der Waals surface area contributed by atoms with Gasteiger partial charge in [0.2, 0.25) is 21.8 Å². The number of hydrogen-bond donors (Lipinski definition) is 3. The molecule has 0 fully saturated rings. The van der Waals surface area contributed by atoms with E-state index in [0.717, 1.165) is 24.3 Å². The van der Waals surface area contributed by atoms with Gasteiger partial charge in [0.05, 0.1) is 9.82 Å². The fourth-order valence-electron chi connectivity index (χ4n) is 2.07. The van der Waals surface area contributed by atoms with Crippen LogP contribution in [-0.4, -0.2) is 31.7 Å². The topological polar surface area (TPSA) is 162 Å². The third-order valence-electron chi connectivity index (χ3n) is 3.46. The summed E-state index contributed by atoms with van der Waals surface area (Å²) in [5, 5.41) is 13.1. The highest BCUT2D eigenvalue weighted by Gasteiger charge is 2.16. The van der Waals surface area contributed by atoms with Crippen LogP contribution in [0, 0.1) is 10.1 Å². The summed E-state index contributed by atoms with van der Waals surface area (Å²) < 4.78 is 26.4. The minimum absolute atomic E-state index is 0.135. The molecule has 4 N–H and O–H groups in total. The fourth-order valence-corrected chi connectivity index (χ4v) is 3.10. The van der Waals surface area contributed by atoms with Gasteiger partial charge in [-0.05, 0) is 36.4 Å². The average molecular weight is 392 g/mol. The smallest absolute Gasteiger partial charge is 0.269 e. The first-order valence-corrected chi connectivity index (χ1v) is 9.11. The zero-order valence-electron chi connectivity index (χ0n) is 13.9. The number of nitro benzene ring substituents is 1. The van der Waals surface area contributed by atoms with E-state index in [1.54, 1.807) is 0 Å². The number of nitro groups is 1. The van der Waals surface area contributed by atoms with Gasteiger partial charge in [0.25, 0.3) is 5.69 Å². The normalized spacial score (nSPS) is 11.0. The van der Waals surface area contributed by atoms with Crippen molar-refractivity contribution in [2.75, 3.05) is 11.9 Å². The number of nitrogens with zero attached hydrogens (tertiary/aromatic N) is 1. The van der Waals surface area contributed by atoms with Gasteiger partial charge in [-0.25, -0.2) is 13.1 Å². The standard InChI is InChI=1S/C16H16N4O6S/c17-16(22)11-1-3-12(4-2-11)19-15(21)9-10-18-27(25,26)14-7-5-13(6-8-14)20(23)24/h1-8,18H,9-10H2,(H2,17,22)(H,19,21). The number of primary amides is 1. The molecule has 0 aliphatic rings. The van der Waals surface area contributed by atoms with Crippen molar-refractivity contribution in [2.45, 2.75) is 11.3 Å². The van der Waals surface area contributed by atoms with Gasteiger partial charge in [0.1, 0.15) is 0 Å². The van der Waals surface area contributed by atoms with Gasteiger partial charge in [0.15, 0.2) is 0 Å². The summed E-state index contributed by atoms with van der Waals surface area (Å²) in [5.74, 6) is -1.03. The molecular weight excluding hydrogens is 376 g/mol. The van der Waals surface area contributed by atoms with Crippen molar-refractivity contribution in [1.82, 2.24) is 4.72 Å². The van der Waals surface area contributed by atoms with E-state index < -0.39 is 26.8 Å². The number of benzene rings is 2. The molecule has 142 valence electrons. The van der Waals surface area contributed by atoms with Gasteiger partial charge >= 0.3 is 0 Å². The third-order valence-corrected chi connectivity index (χ3v) is 4.93. The molecule has 2 rings (SSSR count). The fraction of sp³-hybridized carbons (Fsp3) is 0.125. The molecule has 2 amide bonds. The number of rotatable bonds is 8. The second-order valence-electron chi connectivity index (χ2n) is 5.39. The van der Waals surface area contributed by atoms with Crippen molar-refractivity contribution in [3.63, 3.8) is 0 Å². The van der Waals surface area contributed by atoms with Crippen molar-refractivity contribution in [3.8, 4) is 0 Å². The summed E-state index contributed by atoms with van der Waals surface area (Å²) in [7, 11) is -3.89. The molecular formula is C16H16N4O6S. The molecule has 0 aromatic heterocycles. The minimum atomic E-state index is -3.89. The molecule has 0 unspecified atom stereocenters. The number of amides is 2. The van der Waals surface area contributed by atoms with Gasteiger partial charge in [0, 0.05) is 36.3 Å². The summed E-state index contributed by atoms with van der Waals surface area (Å²) in [6.07, 6.45) is -0.135. The van der Waals surface area contributed by atoms with E-state index in [2.05, 4.69) is 10.0 Å². The molecule has 0 heterocycles. The quantitative estimate of drug-likeness (QED) is 0.448. The Morgan fingerprint density at radius 1 is 1.04 bits per heavy atom. The van der Waals surface area contributed by atoms with Gasteiger partial charge in [-0.2, -0.15) is 0 Å². The Hall–Kier alpha value is -3.31. The molecule has 0 saturated heterocycles. The highest BCUT2D eigenvalue weighted by atomic mass is 32.2. The monoisotopic (exact) mass is 392 g/mol. The number of nitrogens with two attached hydrogens (primary N) is 1. The van der Waals surface area contributed by atoms with Crippen molar-refractivity contribution in [1.29, 1.82) is 0 Å². The number of sulfonamides is 1. The SMILES string of the molecule is NC(=O)c1ccc(NC(=O)CCNS(=O)(=O)c2ccc([N+](=O)[O-])cc2)cc1. The van der Waals surface area contributed by atoms with Crippen molar-refractivity contribution >= 4 is 33.2 Å². The number of carbonyl (C=O) groups excluding carboxylic acids is 2. The van der Waals surface area contributed by atoms with Crippen LogP contribution in [-0.2, 0) is 14.8 Å². The van der Waals surface area contributed by atoms with Crippen LogP contribution in [0.1, 0.15) is 16.8 Å². The second-order valence-corrected chi connectivity index (χ2v) is 7.16. The van der Waals surface area contributed by atoms with Crippen molar-refractivity contribution < 1.29 is 22.9 Å². The molecule has 0 radical (unpaired) electrons. The van der Waals surface area contributed by atoms with Crippen molar-refractivity contribution in [2.24, 2.45) is 5.73 Å². The summed E-state index contributed by atoms with van der Waals surface area (Å²) in [4.78, 5) is 32.6. The molecule has 0 aliphatic heterocycles. The third kappa shape index (κ3) is 5.59.